The molecule has 1 unspecified atom stereocenters. The van der Waals surface area contributed by atoms with E-state index >= 15 is 0 Å². The first kappa shape index (κ1) is 14.4. The summed E-state index contributed by atoms with van der Waals surface area (Å²) >= 11 is 6.13. The highest BCUT2D eigenvalue weighted by molar-refractivity contribution is 6.32. The number of aliphatic carboxylic acids is 1. The topological polar surface area (TPSA) is 83.6 Å². The standard InChI is InChI=1S/C14H15ClN2O3/c15-12-7-11(3-1-9(12)2-4-13(18)19)17-6-5-10(8-17)14(16)20/h1-4,7,10H,5-6,8H2,(H2,16,20)(H,18,19)/b4-2+. The van der Waals surface area contributed by atoms with Crippen molar-refractivity contribution in [2.45, 2.75) is 6.42 Å². The Morgan fingerprint density at radius 3 is 2.75 bits per heavy atom. The molecule has 2 rings (SSSR count). The monoisotopic (exact) mass is 294 g/mol. The van der Waals surface area contributed by atoms with Crippen molar-refractivity contribution in [3.63, 3.8) is 0 Å². The lowest BCUT2D eigenvalue weighted by Crippen LogP contribution is -2.27. The molecule has 1 atom stereocenters. The van der Waals surface area contributed by atoms with Crippen molar-refractivity contribution in [3.05, 3.63) is 34.9 Å². The number of hydrogen-bond acceptors (Lipinski definition) is 3. The molecule has 0 saturated carbocycles. The zero-order valence-electron chi connectivity index (χ0n) is 10.8. The molecule has 0 bridgehead atoms. The molecule has 5 nitrogen and oxygen atoms in total. The Kier molecular flexibility index (Phi) is 4.29. The molecule has 0 spiro atoms. The quantitative estimate of drug-likeness (QED) is 0.829. The van der Waals surface area contributed by atoms with Gasteiger partial charge in [0, 0.05) is 29.9 Å². The average Bonchev–Trinajstić information content (AvgIpc) is 2.86. The number of primary amides is 1. The Balaban J connectivity index is 2.14. The van der Waals surface area contributed by atoms with Gasteiger partial charge in [0.1, 0.15) is 0 Å². The smallest absolute Gasteiger partial charge is 0.328 e. The molecule has 0 aromatic heterocycles. The van der Waals surface area contributed by atoms with Crippen molar-refractivity contribution < 1.29 is 14.7 Å². The zero-order chi connectivity index (χ0) is 14.7. The van der Waals surface area contributed by atoms with E-state index in [1.165, 1.54) is 6.08 Å². The minimum Gasteiger partial charge on any atom is -0.478 e. The highest BCUT2D eigenvalue weighted by atomic mass is 35.5. The summed E-state index contributed by atoms with van der Waals surface area (Å²) in [6, 6.07) is 5.39. The molecular weight excluding hydrogens is 280 g/mol. The number of benzene rings is 1. The lowest BCUT2D eigenvalue weighted by atomic mass is 10.1. The van der Waals surface area contributed by atoms with E-state index < -0.39 is 5.97 Å². The van der Waals surface area contributed by atoms with E-state index in [9.17, 15) is 9.59 Å². The molecule has 1 aromatic carbocycles. The van der Waals surface area contributed by atoms with E-state index in [1.807, 2.05) is 11.0 Å². The Bertz CT molecular complexity index is 572. The fourth-order valence-electron chi connectivity index (χ4n) is 2.24. The molecule has 1 aliphatic heterocycles. The van der Waals surface area contributed by atoms with E-state index in [1.54, 1.807) is 12.1 Å². The maximum atomic E-state index is 11.2. The van der Waals surface area contributed by atoms with Crippen molar-refractivity contribution in [3.8, 4) is 0 Å². The van der Waals surface area contributed by atoms with Crippen LogP contribution in [0.1, 0.15) is 12.0 Å². The van der Waals surface area contributed by atoms with Crippen LogP contribution in [0.5, 0.6) is 0 Å². The van der Waals surface area contributed by atoms with Gasteiger partial charge in [-0.15, -0.1) is 0 Å². The Morgan fingerprint density at radius 2 is 2.20 bits per heavy atom. The van der Waals surface area contributed by atoms with Crippen LogP contribution in [0.15, 0.2) is 24.3 Å². The third-order valence-electron chi connectivity index (χ3n) is 3.35. The number of hydrogen-bond donors (Lipinski definition) is 2. The number of carbonyl (C=O) groups excluding carboxylic acids is 1. The zero-order valence-corrected chi connectivity index (χ0v) is 11.5. The number of nitrogens with two attached hydrogens (primary N) is 1. The van der Waals surface area contributed by atoms with Gasteiger partial charge in [-0.25, -0.2) is 4.79 Å². The van der Waals surface area contributed by atoms with E-state index in [4.69, 9.17) is 22.4 Å². The number of anilines is 1. The molecule has 1 aliphatic rings. The molecule has 20 heavy (non-hydrogen) atoms. The van der Waals surface area contributed by atoms with Crippen molar-refractivity contribution in [1.29, 1.82) is 0 Å². The SMILES string of the molecule is NC(=O)C1CCN(c2ccc(/C=C/C(=O)O)c(Cl)c2)C1. The molecule has 3 N–H and O–H groups in total. The molecule has 1 aromatic rings. The van der Waals surface area contributed by atoms with Crippen LogP contribution in [0.4, 0.5) is 5.69 Å². The van der Waals surface area contributed by atoms with Gasteiger partial charge in [0.25, 0.3) is 0 Å². The number of halogens is 1. The predicted molar refractivity (Wildman–Crippen MR) is 77.6 cm³/mol. The number of rotatable bonds is 4. The fourth-order valence-corrected chi connectivity index (χ4v) is 2.47. The summed E-state index contributed by atoms with van der Waals surface area (Å²) in [4.78, 5) is 23.7. The summed E-state index contributed by atoms with van der Waals surface area (Å²) in [7, 11) is 0. The van der Waals surface area contributed by atoms with Gasteiger partial charge in [-0.05, 0) is 30.2 Å². The number of nitrogens with zero attached hydrogens (tertiary/aromatic N) is 1. The van der Waals surface area contributed by atoms with Gasteiger partial charge in [-0.3, -0.25) is 4.79 Å². The minimum atomic E-state index is -1.02. The van der Waals surface area contributed by atoms with Gasteiger partial charge in [-0.1, -0.05) is 17.7 Å². The number of amides is 1. The van der Waals surface area contributed by atoms with Gasteiger partial charge in [0.15, 0.2) is 0 Å². The Labute approximate surface area is 121 Å². The summed E-state index contributed by atoms with van der Waals surface area (Å²) in [6.45, 7) is 1.35. The van der Waals surface area contributed by atoms with Crippen LogP contribution in [-0.4, -0.2) is 30.1 Å². The molecule has 6 heteroatoms. The lowest BCUT2D eigenvalue weighted by Gasteiger charge is -2.19. The van der Waals surface area contributed by atoms with Gasteiger partial charge in [0.05, 0.1) is 5.92 Å². The van der Waals surface area contributed by atoms with E-state index in [0.29, 0.717) is 17.1 Å². The molecular formula is C14H15ClN2O3. The van der Waals surface area contributed by atoms with E-state index in [-0.39, 0.29) is 11.8 Å². The van der Waals surface area contributed by atoms with Gasteiger partial charge >= 0.3 is 5.97 Å². The van der Waals surface area contributed by atoms with Crippen molar-refractivity contribution in [1.82, 2.24) is 0 Å². The molecule has 1 heterocycles. The highest BCUT2D eigenvalue weighted by Gasteiger charge is 2.26. The number of carbonyl (C=O) groups is 2. The second kappa shape index (κ2) is 5.96. The largest absolute Gasteiger partial charge is 0.478 e. The van der Waals surface area contributed by atoms with Crippen LogP contribution >= 0.6 is 11.6 Å². The molecule has 1 fully saturated rings. The van der Waals surface area contributed by atoms with Crippen molar-refractivity contribution >= 4 is 35.2 Å². The molecule has 106 valence electrons. The second-order valence-corrected chi connectivity index (χ2v) is 5.12. The molecule has 0 aliphatic carbocycles. The number of carboxylic acid groups (broad SMARTS) is 1. The summed E-state index contributed by atoms with van der Waals surface area (Å²) in [5.74, 6) is -1.42. The molecule has 0 radical (unpaired) electrons. The van der Waals surface area contributed by atoms with Crippen LogP contribution in [0.2, 0.25) is 5.02 Å². The average molecular weight is 295 g/mol. The van der Waals surface area contributed by atoms with Crippen LogP contribution < -0.4 is 10.6 Å². The Hall–Kier alpha value is -2.01. The first-order valence-corrected chi connectivity index (χ1v) is 6.60. The van der Waals surface area contributed by atoms with Crippen LogP contribution in [-0.2, 0) is 9.59 Å². The molecule has 1 saturated heterocycles. The number of carboxylic acids is 1. The highest BCUT2D eigenvalue weighted by Crippen LogP contribution is 2.28. The predicted octanol–water partition coefficient (Wildman–Crippen LogP) is 1.75. The Morgan fingerprint density at radius 1 is 1.45 bits per heavy atom. The van der Waals surface area contributed by atoms with Gasteiger partial charge in [0.2, 0.25) is 5.91 Å². The third kappa shape index (κ3) is 3.30. The maximum absolute atomic E-state index is 11.2. The third-order valence-corrected chi connectivity index (χ3v) is 3.67. The van der Waals surface area contributed by atoms with Crippen molar-refractivity contribution in [2.24, 2.45) is 11.7 Å². The summed E-state index contributed by atoms with van der Waals surface area (Å²) in [5.41, 5.74) is 6.85. The first-order valence-electron chi connectivity index (χ1n) is 6.22. The first-order chi connectivity index (χ1) is 9.47. The van der Waals surface area contributed by atoms with Gasteiger partial charge in [-0.2, -0.15) is 0 Å². The minimum absolute atomic E-state index is 0.125. The summed E-state index contributed by atoms with van der Waals surface area (Å²) < 4.78 is 0. The van der Waals surface area contributed by atoms with E-state index in [2.05, 4.69) is 0 Å². The maximum Gasteiger partial charge on any atom is 0.328 e. The summed E-state index contributed by atoms with van der Waals surface area (Å²) in [6.07, 6.45) is 3.23. The van der Waals surface area contributed by atoms with E-state index in [0.717, 1.165) is 24.7 Å². The van der Waals surface area contributed by atoms with Crippen LogP contribution in [0, 0.1) is 5.92 Å². The summed E-state index contributed by atoms with van der Waals surface area (Å²) in [5, 5.41) is 9.07. The van der Waals surface area contributed by atoms with Crippen LogP contribution in [0.25, 0.3) is 6.08 Å². The lowest BCUT2D eigenvalue weighted by molar-refractivity contribution is -0.131. The van der Waals surface area contributed by atoms with Crippen LogP contribution in [0.3, 0.4) is 0 Å². The molecule has 1 amide bonds. The normalized spacial score (nSPS) is 18.6. The van der Waals surface area contributed by atoms with Crippen molar-refractivity contribution in [2.75, 3.05) is 18.0 Å². The van der Waals surface area contributed by atoms with Gasteiger partial charge < -0.3 is 15.7 Å². The second-order valence-electron chi connectivity index (χ2n) is 4.71. The fraction of sp³-hybridized carbons (Fsp3) is 0.286.